The van der Waals surface area contributed by atoms with Crippen LogP contribution in [0.1, 0.15) is 11.5 Å². The van der Waals surface area contributed by atoms with Gasteiger partial charge in [-0.15, -0.1) is 0 Å². The van der Waals surface area contributed by atoms with Crippen LogP contribution in [0.3, 0.4) is 0 Å². The molecule has 0 bridgehead atoms. The van der Waals surface area contributed by atoms with Gasteiger partial charge < -0.3 is 14.5 Å². The fourth-order valence-electron chi connectivity index (χ4n) is 1.69. The first kappa shape index (κ1) is 12.6. The van der Waals surface area contributed by atoms with Crippen molar-refractivity contribution >= 4 is 38.9 Å². The topological polar surface area (TPSA) is 92.0 Å². The lowest BCUT2D eigenvalue weighted by Crippen LogP contribution is -2.12. The van der Waals surface area contributed by atoms with E-state index in [9.17, 15) is 9.90 Å². The average molecular weight is 334 g/mol. The minimum atomic E-state index is -0.421. The normalized spacial score (nSPS) is 11.9. The zero-order valence-corrected chi connectivity index (χ0v) is 11.6. The third kappa shape index (κ3) is 2.35. The molecular weight excluding hydrogens is 326 g/mol. The van der Waals surface area contributed by atoms with Crippen molar-refractivity contribution in [3.8, 4) is 0 Å². The minimum absolute atomic E-state index is 0.0567. The number of halogens is 1. The van der Waals surface area contributed by atoms with Crippen LogP contribution in [0.25, 0.3) is 23.0 Å². The molecule has 0 fully saturated rings. The van der Waals surface area contributed by atoms with Crippen LogP contribution >= 0.6 is 15.9 Å². The summed E-state index contributed by atoms with van der Waals surface area (Å²) in [5.74, 6) is 0.0829. The number of aromatic nitrogens is 3. The summed E-state index contributed by atoms with van der Waals surface area (Å²) in [5, 5.41) is 9.85. The van der Waals surface area contributed by atoms with Gasteiger partial charge in [0.15, 0.2) is 17.2 Å². The SMILES string of the molecule is O=c1[nH]c2cc(Br)cnc2nc1/C=C(\O)c1ccco1. The zero-order chi connectivity index (χ0) is 14.1. The third-order valence-corrected chi connectivity index (χ3v) is 3.02. The molecule has 0 atom stereocenters. The summed E-state index contributed by atoms with van der Waals surface area (Å²) in [5.41, 5.74) is 0.530. The molecule has 3 rings (SSSR count). The van der Waals surface area contributed by atoms with Crippen molar-refractivity contribution in [2.75, 3.05) is 0 Å². The first-order chi connectivity index (χ1) is 9.63. The number of H-pyrrole nitrogens is 1. The molecule has 6 nitrogen and oxygen atoms in total. The summed E-state index contributed by atoms with van der Waals surface area (Å²) in [6, 6.07) is 4.92. The fourth-order valence-corrected chi connectivity index (χ4v) is 2.02. The van der Waals surface area contributed by atoms with Crippen LogP contribution in [0, 0.1) is 0 Å². The Bertz CT molecular complexity index is 853. The molecule has 0 aliphatic rings. The molecule has 0 saturated carbocycles. The molecule has 7 heteroatoms. The number of fused-ring (bicyclic) bond motifs is 1. The molecule has 3 aromatic rings. The first-order valence-electron chi connectivity index (χ1n) is 5.63. The maximum atomic E-state index is 11.9. The maximum absolute atomic E-state index is 11.9. The monoisotopic (exact) mass is 333 g/mol. The van der Waals surface area contributed by atoms with Gasteiger partial charge in [-0.3, -0.25) is 4.79 Å². The van der Waals surface area contributed by atoms with Crippen LogP contribution in [0.15, 0.2) is 44.3 Å². The second kappa shape index (κ2) is 4.93. The lowest BCUT2D eigenvalue weighted by molar-refractivity contribution is 0.462. The highest BCUT2D eigenvalue weighted by Crippen LogP contribution is 2.15. The molecule has 0 radical (unpaired) electrons. The van der Waals surface area contributed by atoms with Gasteiger partial charge in [-0.2, -0.15) is 0 Å². The number of nitrogens with zero attached hydrogens (tertiary/aromatic N) is 2. The zero-order valence-electron chi connectivity index (χ0n) is 10.0. The summed E-state index contributed by atoms with van der Waals surface area (Å²) < 4.78 is 5.77. The van der Waals surface area contributed by atoms with E-state index in [1.807, 2.05) is 0 Å². The number of aromatic amines is 1. The van der Waals surface area contributed by atoms with Gasteiger partial charge in [0.05, 0.1) is 11.8 Å². The predicted octanol–water partition coefficient (Wildman–Crippen LogP) is 2.73. The van der Waals surface area contributed by atoms with E-state index in [-0.39, 0.29) is 17.2 Å². The van der Waals surface area contributed by atoms with Gasteiger partial charge in [0, 0.05) is 16.7 Å². The Balaban J connectivity index is 2.13. The van der Waals surface area contributed by atoms with Crippen molar-refractivity contribution in [2.45, 2.75) is 0 Å². The average Bonchev–Trinajstić information content (AvgIpc) is 2.94. The quantitative estimate of drug-likeness (QED) is 0.703. The number of aliphatic hydroxyl groups is 1. The molecule has 0 spiro atoms. The molecule has 100 valence electrons. The standard InChI is InChI=1S/C13H8BrN3O3/c14-7-4-8-12(15-6-7)16-9(13(19)17-8)5-10(18)11-2-1-3-20-11/h1-6,18H,(H,17,19)/b10-5-. The lowest BCUT2D eigenvalue weighted by Gasteiger charge is -1.99. The Hall–Kier alpha value is -2.41. The van der Waals surface area contributed by atoms with Crippen LogP contribution in [-0.4, -0.2) is 20.1 Å². The molecule has 0 saturated heterocycles. The Morgan fingerprint density at radius 1 is 1.50 bits per heavy atom. The fraction of sp³-hybridized carbons (Fsp3) is 0. The largest absolute Gasteiger partial charge is 0.504 e. The van der Waals surface area contributed by atoms with Gasteiger partial charge >= 0.3 is 0 Å². The summed E-state index contributed by atoms with van der Waals surface area (Å²) in [7, 11) is 0. The molecule has 0 aliphatic carbocycles. The second-order valence-electron chi connectivity index (χ2n) is 3.98. The van der Waals surface area contributed by atoms with Gasteiger partial charge in [0.2, 0.25) is 0 Å². The van der Waals surface area contributed by atoms with E-state index < -0.39 is 5.56 Å². The van der Waals surface area contributed by atoms with Crippen molar-refractivity contribution in [1.29, 1.82) is 0 Å². The number of rotatable bonds is 2. The van der Waals surface area contributed by atoms with Crippen LogP contribution in [-0.2, 0) is 0 Å². The van der Waals surface area contributed by atoms with E-state index in [2.05, 4.69) is 30.9 Å². The molecule has 0 amide bonds. The summed E-state index contributed by atoms with van der Waals surface area (Å²) >= 11 is 3.27. The number of hydrogen-bond donors (Lipinski definition) is 2. The third-order valence-electron chi connectivity index (χ3n) is 2.59. The van der Waals surface area contributed by atoms with E-state index in [1.54, 1.807) is 24.4 Å². The van der Waals surface area contributed by atoms with Crippen molar-refractivity contribution in [3.63, 3.8) is 0 Å². The predicted molar refractivity (Wildman–Crippen MR) is 77.1 cm³/mol. The molecule has 0 unspecified atom stereocenters. The van der Waals surface area contributed by atoms with Gasteiger partial charge in [0.25, 0.3) is 5.56 Å². The molecule has 3 heterocycles. The molecular formula is C13H8BrN3O3. The Morgan fingerprint density at radius 2 is 2.35 bits per heavy atom. The highest BCUT2D eigenvalue weighted by molar-refractivity contribution is 9.10. The number of pyridine rings is 1. The van der Waals surface area contributed by atoms with Gasteiger partial charge in [-0.25, -0.2) is 9.97 Å². The van der Waals surface area contributed by atoms with Crippen LogP contribution in [0.4, 0.5) is 0 Å². The summed E-state index contributed by atoms with van der Waals surface area (Å²) in [6.45, 7) is 0. The lowest BCUT2D eigenvalue weighted by atomic mass is 10.3. The van der Waals surface area contributed by atoms with E-state index >= 15 is 0 Å². The van der Waals surface area contributed by atoms with Crippen molar-refractivity contribution < 1.29 is 9.52 Å². The minimum Gasteiger partial charge on any atom is -0.504 e. The Labute approximate surface area is 120 Å². The Morgan fingerprint density at radius 3 is 3.10 bits per heavy atom. The molecule has 20 heavy (non-hydrogen) atoms. The molecule has 0 aliphatic heterocycles. The van der Waals surface area contributed by atoms with Gasteiger partial charge in [-0.05, 0) is 34.1 Å². The van der Waals surface area contributed by atoms with E-state index in [4.69, 9.17) is 4.42 Å². The second-order valence-corrected chi connectivity index (χ2v) is 4.90. The van der Waals surface area contributed by atoms with Gasteiger partial charge in [-0.1, -0.05) is 0 Å². The summed E-state index contributed by atoms with van der Waals surface area (Å²) in [4.78, 5) is 22.8. The number of aliphatic hydroxyl groups excluding tert-OH is 1. The number of furan rings is 1. The van der Waals surface area contributed by atoms with E-state index in [0.717, 1.165) is 4.47 Å². The Kier molecular flexibility index (Phi) is 3.11. The molecule has 3 aromatic heterocycles. The van der Waals surface area contributed by atoms with Crippen molar-refractivity contribution in [2.24, 2.45) is 0 Å². The van der Waals surface area contributed by atoms with E-state index in [0.29, 0.717) is 11.2 Å². The number of nitrogens with one attached hydrogen (secondary N) is 1. The number of hydrogen-bond acceptors (Lipinski definition) is 5. The molecule has 0 aromatic carbocycles. The van der Waals surface area contributed by atoms with Crippen molar-refractivity contribution in [3.05, 3.63) is 56.9 Å². The van der Waals surface area contributed by atoms with E-state index in [1.165, 1.54) is 12.3 Å². The smallest absolute Gasteiger partial charge is 0.274 e. The highest BCUT2D eigenvalue weighted by atomic mass is 79.9. The van der Waals surface area contributed by atoms with Crippen LogP contribution in [0.5, 0.6) is 0 Å². The van der Waals surface area contributed by atoms with Crippen LogP contribution < -0.4 is 5.56 Å². The van der Waals surface area contributed by atoms with Crippen LogP contribution in [0.2, 0.25) is 0 Å². The molecule has 2 N–H and O–H groups in total. The van der Waals surface area contributed by atoms with Crippen molar-refractivity contribution in [1.82, 2.24) is 15.0 Å². The first-order valence-corrected chi connectivity index (χ1v) is 6.43. The highest BCUT2D eigenvalue weighted by Gasteiger charge is 2.08. The van der Waals surface area contributed by atoms with Gasteiger partial charge in [0.1, 0.15) is 5.69 Å². The maximum Gasteiger partial charge on any atom is 0.274 e. The summed E-state index contributed by atoms with van der Waals surface area (Å²) in [6.07, 6.45) is 4.24.